The van der Waals surface area contributed by atoms with Crippen LogP contribution >= 0.6 is 11.3 Å². The van der Waals surface area contributed by atoms with Crippen LogP contribution in [0.15, 0.2) is 35.2 Å². The molecular formula is C12H15N3S. The van der Waals surface area contributed by atoms with E-state index in [0.717, 1.165) is 12.1 Å². The second kappa shape index (κ2) is 5.21. The molecule has 3 nitrogen and oxygen atoms in total. The molecule has 84 valence electrons. The van der Waals surface area contributed by atoms with Crippen molar-refractivity contribution in [2.75, 3.05) is 0 Å². The number of thiophene rings is 1. The summed E-state index contributed by atoms with van der Waals surface area (Å²) in [5.74, 6) is 5.63. The summed E-state index contributed by atoms with van der Waals surface area (Å²) in [7, 11) is 0. The maximum absolute atomic E-state index is 5.63. The number of nitrogens with two attached hydrogens (primary N) is 1. The minimum absolute atomic E-state index is 0.0117. The Morgan fingerprint density at radius 3 is 3.00 bits per heavy atom. The number of nitrogens with one attached hydrogen (secondary N) is 1. The van der Waals surface area contributed by atoms with Gasteiger partial charge in [-0.1, -0.05) is 13.0 Å². The van der Waals surface area contributed by atoms with Crippen LogP contribution in [0.5, 0.6) is 0 Å². The largest absolute Gasteiger partial charge is 0.271 e. The molecule has 0 saturated carbocycles. The van der Waals surface area contributed by atoms with Crippen molar-refractivity contribution in [2.45, 2.75) is 19.4 Å². The number of aromatic nitrogens is 1. The normalized spacial score (nSPS) is 12.6. The first-order valence-electron chi connectivity index (χ1n) is 5.28. The zero-order valence-electron chi connectivity index (χ0n) is 9.18. The highest BCUT2D eigenvalue weighted by molar-refractivity contribution is 7.08. The molecule has 1 unspecified atom stereocenters. The lowest BCUT2D eigenvalue weighted by molar-refractivity contribution is 0.616. The van der Waals surface area contributed by atoms with Crippen molar-refractivity contribution < 1.29 is 0 Å². The average Bonchev–Trinajstić information content (AvgIpc) is 2.84. The Hall–Kier alpha value is -1.23. The van der Waals surface area contributed by atoms with Crippen LogP contribution < -0.4 is 11.3 Å². The molecule has 2 aromatic heterocycles. The van der Waals surface area contributed by atoms with Crippen molar-refractivity contribution in [2.24, 2.45) is 5.84 Å². The lowest BCUT2D eigenvalue weighted by Gasteiger charge is -2.17. The molecule has 2 rings (SSSR count). The molecular weight excluding hydrogens is 218 g/mol. The van der Waals surface area contributed by atoms with E-state index in [0.29, 0.717) is 0 Å². The summed E-state index contributed by atoms with van der Waals surface area (Å²) < 4.78 is 0. The Labute approximate surface area is 99.3 Å². The van der Waals surface area contributed by atoms with Gasteiger partial charge in [0.1, 0.15) is 0 Å². The first-order chi connectivity index (χ1) is 7.86. The van der Waals surface area contributed by atoms with Crippen molar-refractivity contribution in [3.63, 3.8) is 0 Å². The van der Waals surface area contributed by atoms with E-state index in [1.165, 1.54) is 11.1 Å². The number of hydrazine groups is 1. The van der Waals surface area contributed by atoms with Crippen molar-refractivity contribution in [1.29, 1.82) is 0 Å². The van der Waals surface area contributed by atoms with Gasteiger partial charge < -0.3 is 0 Å². The van der Waals surface area contributed by atoms with Crippen molar-refractivity contribution >= 4 is 11.3 Å². The lowest BCUT2D eigenvalue weighted by atomic mass is 10.0. The zero-order chi connectivity index (χ0) is 11.4. The smallest absolute Gasteiger partial charge is 0.0892 e. The second-order valence-corrected chi connectivity index (χ2v) is 4.34. The number of aryl methyl sites for hydroxylation is 1. The van der Waals surface area contributed by atoms with Gasteiger partial charge in [0.2, 0.25) is 0 Å². The molecule has 0 saturated heterocycles. The zero-order valence-corrected chi connectivity index (χ0v) is 10.00. The Morgan fingerprint density at radius 1 is 1.50 bits per heavy atom. The average molecular weight is 233 g/mol. The highest BCUT2D eigenvalue weighted by atomic mass is 32.1. The summed E-state index contributed by atoms with van der Waals surface area (Å²) in [6.45, 7) is 2.13. The van der Waals surface area contributed by atoms with E-state index in [9.17, 15) is 0 Å². The van der Waals surface area contributed by atoms with Crippen molar-refractivity contribution in [1.82, 2.24) is 10.4 Å². The van der Waals surface area contributed by atoms with Crippen LogP contribution in [0.2, 0.25) is 0 Å². The standard InChI is InChI=1S/C12H15N3S/c1-2-9-4-3-6-14-11(9)12(15-13)10-5-7-16-8-10/h3-8,12,15H,2,13H2,1H3. The molecule has 0 spiro atoms. The fourth-order valence-electron chi connectivity index (χ4n) is 1.78. The molecule has 2 heterocycles. The van der Waals surface area contributed by atoms with E-state index in [1.807, 2.05) is 17.6 Å². The molecule has 0 aliphatic carbocycles. The topological polar surface area (TPSA) is 50.9 Å². The van der Waals surface area contributed by atoms with Gasteiger partial charge in [0, 0.05) is 6.20 Å². The molecule has 0 radical (unpaired) electrons. The Morgan fingerprint density at radius 2 is 2.38 bits per heavy atom. The fraction of sp³-hybridized carbons (Fsp3) is 0.250. The van der Waals surface area contributed by atoms with Gasteiger partial charge in [0.25, 0.3) is 0 Å². The van der Waals surface area contributed by atoms with Gasteiger partial charge in [-0.25, -0.2) is 5.43 Å². The van der Waals surface area contributed by atoms with Gasteiger partial charge in [-0.05, 0) is 40.4 Å². The summed E-state index contributed by atoms with van der Waals surface area (Å²) in [6, 6.07) is 6.12. The lowest BCUT2D eigenvalue weighted by Crippen LogP contribution is -2.30. The van der Waals surface area contributed by atoms with Gasteiger partial charge in [-0.15, -0.1) is 0 Å². The molecule has 2 aromatic rings. The van der Waals surface area contributed by atoms with E-state index in [4.69, 9.17) is 5.84 Å². The number of hydrogen-bond acceptors (Lipinski definition) is 4. The minimum atomic E-state index is -0.0117. The molecule has 0 amide bonds. The van der Waals surface area contributed by atoms with Crippen LogP contribution in [-0.4, -0.2) is 4.98 Å². The highest BCUT2D eigenvalue weighted by Crippen LogP contribution is 2.24. The van der Waals surface area contributed by atoms with Gasteiger partial charge in [0.15, 0.2) is 0 Å². The maximum atomic E-state index is 5.63. The van der Waals surface area contributed by atoms with E-state index in [-0.39, 0.29) is 6.04 Å². The summed E-state index contributed by atoms with van der Waals surface area (Å²) in [6.07, 6.45) is 2.77. The maximum Gasteiger partial charge on any atom is 0.0892 e. The number of rotatable bonds is 4. The van der Waals surface area contributed by atoms with E-state index in [1.54, 1.807) is 11.3 Å². The third-order valence-electron chi connectivity index (χ3n) is 2.62. The van der Waals surface area contributed by atoms with Crippen LogP contribution in [-0.2, 0) is 6.42 Å². The van der Waals surface area contributed by atoms with Crippen molar-refractivity contribution in [3.05, 3.63) is 52.0 Å². The first-order valence-corrected chi connectivity index (χ1v) is 6.23. The fourth-order valence-corrected chi connectivity index (χ4v) is 2.47. The van der Waals surface area contributed by atoms with E-state index >= 15 is 0 Å². The van der Waals surface area contributed by atoms with E-state index in [2.05, 4.69) is 34.8 Å². The van der Waals surface area contributed by atoms with Gasteiger partial charge in [-0.2, -0.15) is 11.3 Å². The summed E-state index contributed by atoms with van der Waals surface area (Å²) in [5.41, 5.74) is 6.26. The van der Waals surface area contributed by atoms with Crippen LogP contribution in [0.1, 0.15) is 29.8 Å². The predicted molar refractivity (Wildman–Crippen MR) is 67.1 cm³/mol. The quantitative estimate of drug-likeness (QED) is 0.629. The number of nitrogens with zero attached hydrogens (tertiary/aromatic N) is 1. The van der Waals surface area contributed by atoms with Gasteiger partial charge in [-0.3, -0.25) is 10.8 Å². The number of hydrogen-bond donors (Lipinski definition) is 2. The molecule has 16 heavy (non-hydrogen) atoms. The Balaban J connectivity index is 2.41. The molecule has 1 atom stereocenters. The second-order valence-electron chi connectivity index (χ2n) is 3.56. The van der Waals surface area contributed by atoms with Crippen LogP contribution in [0, 0.1) is 0 Å². The van der Waals surface area contributed by atoms with Crippen LogP contribution in [0.3, 0.4) is 0 Å². The Bertz CT molecular complexity index is 439. The summed E-state index contributed by atoms with van der Waals surface area (Å²) in [5, 5.41) is 4.15. The molecule has 4 heteroatoms. The van der Waals surface area contributed by atoms with Gasteiger partial charge >= 0.3 is 0 Å². The highest BCUT2D eigenvalue weighted by Gasteiger charge is 2.16. The predicted octanol–water partition coefficient (Wildman–Crippen LogP) is 2.26. The van der Waals surface area contributed by atoms with Gasteiger partial charge in [0.05, 0.1) is 11.7 Å². The minimum Gasteiger partial charge on any atom is -0.271 e. The molecule has 0 aliphatic heterocycles. The van der Waals surface area contributed by atoms with E-state index < -0.39 is 0 Å². The van der Waals surface area contributed by atoms with Crippen LogP contribution in [0.4, 0.5) is 0 Å². The molecule has 0 aliphatic rings. The third-order valence-corrected chi connectivity index (χ3v) is 3.33. The van der Waals surface area contributed by atoms with Crippen molar-refractivity contribution in [3.8, 4) is 0 Å². The molecule has 0 fully saturated rings. The third kappa shape index (κ3) is 2.14. The first kappa shape index (κ1) is 11.3. The Kier molecular flexibility index (Phi) is 3.66. The van der Waals surface area contributed by atoms with Crippen LogP contribution in [0.25, 0.3) is 0 Å². The summed E-state index contributed by atoms with van der Waals surface area (Å²) in [4.78, 5) is 4.44. The molecule has 3 N–H and O–H groups in total. The monoisotopic (exact) mass is 233 g/mol. The molecule has 0 aromatic carbocycles. The number of pyridine rings is 1. The molecule has 0 bridgehead atoms. The SMILES string of the molecule is CCc1cccnc1C(NN)c1ccsc1. The summed E-state index contributed by atoms with van der Waals surface area (Å²) >= 11 is 1.67.